The summed E-state index contributed by atoms with van der Waals surface area (Å²) in [4.78, 5) is 26.0. The van der Waals surface area contributed by atoms with Crippen LogP contribution in [0.2, 0.25) is 5.02 Å². The number of Topliss-reactive ketones (excluding diaryl/α,β-unsaturated/α-hetero) is 1. The highest BCUT2D eigenvalue weighted by Crippen LogP contribution is 2.69. The Kier molecular flexibility index (Phi) is 4.15. The third kappa shape index (κ3) is 2.35. The van der Waals surface area contributed by atoms with E-state index in [2.05, 4.69) is 10.5 Å². The van der Waals surface area contributed by atoms with Gasteiger partial charge in [-0.25, -0.2) is 0 Å². The number of alkyl halides is 3. The molecule has 2 atom stereocenters. The van der Waals surface area contributed by atoms with E-state index in [9.17, 15) is 28.0 Å². The maximum atomic E-state index is 13.1. The SMILES string of the molecule is CC12CCC(C(=O)Nc3cc(C(F)(F)F)ccc3Cl)(C(=O)/C1=N\O)C2(C)C. The normalized spacial score (nSPS) is 30.8. The predicted molar refractivity (Wildman–Crippen MR) is 92.9 cm³/mol. The molecule has 0 heterocycles. The summed E-state index contributed by atoms with van der Waals surface area (Å²) in [6.45, 7) is 5.20. The smallest absolute Gasteiger partial charge is 0.411 e. The van der Waals surface area contributed by atoms with Gasteiger partial charge in [-0.3, -0.25) is 9.59 Å². The molecule has 146 valence electrons. The zero-order valence-corrected chi connectivity index (χ0v) is 15.6. The van der Waals surface area contributed by atoms with Gasteiger partial charge in [0, 0.05) is 5.41 Å². The number of amides is 1. The number of nitrogens with one attached hydrogen (secondary N) is 1. The lowest BCUT2D eigenvalue weighted by atomic mass is 9.64. The first kappa shape index (κ1) is 19.7. The zero-order valence-electron chi connectivity index (χ0n) is 14.9. The second-order valence-electron chi connectivity index (χ2n) is 7.79. The number of halogens is 4. The molecule has 1 aromatic rings. The average molecular weight is 403 g/mol. The molecule has 2 aliphatic rings. The molecule has 0 radical (unpaired) electrons. The topological polar surface area (TPSA) is 78.8 Å². The molecule has 3 rings (SSSR count). The number of rotatable bonds is 2. The number of carbonyl (C=O) groups is 2. The number of carbonyl (C=O) groups excluding carboxylic acids is 2. The van der Waals surface area contributed by atoms with Crippen LogP contribution < -0.4 is 5.32 Å². The Morgan fingerprint density at radius 2 is 1.89 bits per heavy atom. The van der Waals surface area contributed by atoms with E-state index < -0.39 is 39.7 Å². The van der Waals surface area contributed by atoms with Crippen LogP contribution in [0.5, 0.6) is 0 Å². The van der Waals surface area contributed by atoms with Gasteiger partial charge in [-0.2, -0.15) is 13.2 Å². The molecular formula is C18H18ClF3N2O3. The molecule has 2 aliphatic carbocycles. The molecule has 1 amide bonds. The van der Waals surface area contributed by atoms with E-state index >= 15 is 0 Å². The molecule has 27 heavy (non-hydrogen) atoms. The molecule has 0 spiro atoms. The fourth-order valence-electron chi connectivity index (χ4n) is 4.48. The number of ketones is 1. The lowest BCUT2D eigenvalue weighted by Gasteiger charge is -2.37. The number of oxime groups is 1. The van der Waals surface area contributed by atoms with Crippen LogP contribution in [-0.4, -0.2) is 22.6 Å². The minimum absolute atomic E-state index is 0.0761. The summed E-state index contributed by atoms with van der Waals surface area (Å²) in [5, 5.41) is 14.8. The molecule has 2 saturated carbocycles. The van der Waals surface area contributed by atoms with Gasteiger partial charge in [0.25, 0.3) is 0 Å². The zero-order chi connectivity index (χ0) is 20.4. The maximum Gasteiger partial charge on any atom is 0.416 e. The minimum Gasteiger partial charge on any atom is -0.411 e. The van der Waals surface area contributed by atoms with Gasteiger partial charge in [0.05, 0.1) is 16.3 Å². The summed E-state index contributed by atoms with van der Waals surface area (Å²) in [6, 6.07) is 2.58. The number of hydrogen-bond acceptors (Lipinski definition) is 4. The van der Waals surface area contributed by atoms with E-state index in [0.717, 1.165) is 18.2 Å². The van der Waals surface area contributed by atoms with Gasteiger partial charge in [-0.15, -0.1) is 0 Å². The molecule has 2 unspecified atom stereocenters. The van der Waals surface area contributed by atoms with Crippen LogP contribution in [0.25, 0.3) is 0 Å². The summed E-state index contributed by atoms with van der Waals surface area (Å²) >= 11 is 5.96. The van der Waals surface area contributed by atoms with Crippen molar-refractivity contribution in [3.05, 3.63) is 28.8 Å². The molecule has 2 fully saturated rings. The summed E-state index contributed by atoms with van der Waals surface area (Å²) in [5.41, 5.74) is -4.52. The second-order valence-corrected chi connectivity index (χ2v) is 8.19. The predicted octanol–water partition coefficient (Wildman–Crippen LogP) is 4.52. The third-order valence-electron chi connectivity index (χ3n) is 6.60. The van der Waals surface area contributed by atoms with Crippen molar-refractivity contribution < 1.29 is 28.0 Å². The standard InChI is InChI=1S/C18H18ClF3N2O3/c1-15(2)16(3)6-7-17(15,13(25)12(16)24-27)14(26)23-11-8-9(18(20,21)22)4-5-10(11)19/h4-5,8,27H,6-7H2,1-3H3,(H,23,26)/b24-12+. The fraction of sp³-hybridized carbons (Fsp3) is 0.500. The Labute approximate surface area is 158 Å². The van der Waals surface area contributed by atoms with Crippen LogP contribution in [0.4, 0.5) is 18.9 Å². The molecule has 5 nitrogen and oxygen atoms in total. The van der Waals surface area contributed by atoms with Crippen molar-refractivity contribution in [1.29, 1.82) is 0 Å². The van der Waals surface area contributed by atoms with E-state index in [1.807, 2.05) is 0 Å². The first-order chi connectivity index (χ1) is 12.3. The van der Waals surface area contributed by atoms with Gasteiger partial charge >= 0.3 is 6.18 Å². The molecule has 2 N–H and O–H groups in total. The molecular weight excluding hydrogens is 385 g/mol. The third-order valence-corrected chi connectivity index (χ3v) is 6.93. The number of anilines is 1. The molecule has 0 aliphatic heterocycles. The van der Waals surface area contributed by atoms with Gasteiger partial charge in [0.1, 0.15) is 11.1 Å². The lowest BCUT2D eigenvalue weighted by Crippen LogP contribution is -2.47. The second kappa shape index (κ2) is 5.70. The minimum atomic E-state index is -4.60. The first-order valence-electron chi connectivity index (χ1n) is 8.28. The Bertz CT molecular complexity index is 881. The van der Waals surface area contributed by atoms with Crippen LogP contribution in [0.3, 0.4) is 0 Å². The van der Waals surface area contributed by atoms with Crippen molar-refractivity contribution in [3.63, 3.8) is 0 Å². The monoisotopic (exact) mass is 402 g/mol. The van der Waals surface area contributed by atoms with E-state index in [4.69, 9.17) is 11.6 Å². The number of nitrogens with zero attached hydrogens (tertiary/aromatic N) is 1. The van der Waals surface area contributed by atoms with Crippen LogP contribution in [-0.2, 0) is 15.8 Å². The van der Waals surface area contributed by atoms with Crippen molar-refractivity contribution >= 4 is 34.7 Å². The summed E-state index contributed by atoms with van der Waals surface area (Å²) in [5.74, 6) is -1.36. The van der Waals surface area contributed by atoms with Gasteiger partial charge in [-0.1, -0.05) is 37.5 Å². The van der Waals surface area contributed by atoms with E-state index in [1.165, 1.54) is 0 Å². The largest absolute Gasteiger partial charge is 0.416 e. The van der Waals surface area contributed by atoms with Gasteiger partial charge in [0.15, 0.2) is 5.78 Å². The molecule has 9 heteroatoms. The van der Waals surface area contributed by atoms with Crippen LogP contribution in [0.1, 0.15) is 39.2 Å². The quantitative estimate of drug-likeness (QED) is 0.433. The van der Waals surface area contributed by atoms with Crippen molar-refractivity contribution in [2.24, 2.45) is 21.4 Å². The van der Waals surface area contributed by atoms with Gasteiger partial charge in [0.2, 0.25) is 5.91 Å². The van der Waals surface area contributed by atoms with E-state index in [-0.39, 0.29) is 22.8 Å². The first-order valence-corrected chi connectivity index (χ1v) is 8.66. The van der Waals surface area contributed by atoms with Gasteiger partial charge in [-0.05, 0) is 36.5 Å². The van der Waals surface area contributed by atoms with Crippen LogP contribution >= 0.6 is 11.6 Å². The highest BCUT2D eigenvalue weighted by Gasteiger charge is 2.77. The Balaban J connectivity index is 2.04. The number of benzene rings is 1. The summed E-state index contributed by atoms with van der Waals surface area (Å²) < 4.78 is 38.9. The van der Waals surface area contributed by atoms with E-state index in [0.29, 0.717) is 6.42 Å². The van der Waals surface area contributed by atoms with Crippen molar-refractivity contribution in [1.82, 2.24) is 0 Å². The molecule has 0 saturated heterocycles. The fourth-order valence-corrected chi connectivity index (χ4v) is 4.65. The average Bonchev–Trinajstić information content (AvgIpc) is 2.84. The maximum absolute atomic E-state index is 13.1. The highest BCUT2D eigenvalue weighted by molar-refractivity contribution is 6.51. The van der Waals surface area contributed by atoms with Crippen LogP contribution in [0, 0.1) is 16.2 Å². The number of fused-ring (bicyclic) bond motifs is 2. The van der Waals surface area contributed by atoms with Crippen molar-refractivity contribution in [3.8, 4) is 0 Å². The molecule has 2 bridgehead atoms. The van der Waals surface area contributed by atoms with E-state index in [1.54, 1.807) is 20.8 Å². The Morgan fingerprint density at radius 3 is 2.41 bits per heavy atom. The molecule has 1 aromatic carbocycles. The van der Waals surface area contributed by atoms with Crippen molar-refractivity contribution in [2.75, 3.05) is 5.32 Å². The Hall–Kier alpha value is -2.09. The highest BCUT2D eigenvalue weighted by atomic mass is 35.5. The lowest BCUT2D eigenvalue weighted by molar-refractivity contribution is -0.140. The van der Waals surface area contributed by atoms with Crippen LogP contribution in [0.15, 0.2) is 23.4 Å². The van der Waals surface area contributed by atoms with Crippen molar-refractivity contribution in [2.45, 2.75) is 39.8 Å². The summed E-state index contributed by atoms with van der Waals surface area (Å²) in [6.07, 6.45) is -3.96. The van der Waals surface area contributed by atoms with Gasteiger partial charge < -0.3 is 10.5 Å². The Morgan fingerprint density at radius 1 is 1.26 bits per heavy atom. The molecule has 0 aromatic heterocycles. The number of hydrogen-bond donors (Lipinski definition) is 2. The summed E-state index contributed by atoms with van der Waals surface area (Å²) in [7, 11) is 0.